The van der Waals surface area contributed by atoms with E-state index >= 15 is 0 Å². The Balaban J connectivity index is 1.91. The van der Waals surface area contributed by atoms with Gasteiger partial charge in [-0.2, -0.15) is 0 Å². The molecule has 0 saturated carbocycles. The van der Waals surface area contributed by atoms with Crippen LogP contribution in [0.15, 0.2) is 36.4 Å². The molecule has 0 unspecified atom stereocenters. The van der Waals surface area contributed by atoms with E-state index in [-0.39, 0.29) is 12.1 Å². The van der Waals surface area contributed by atoms with E-state index in [0.29, 0.717) is 17.2 Å². The molecule has 1 aromatic rings. The predicted octanol–water partition coefficient (Wildman–Crippen LogP) is 7.25. The molecule has 0 amide bonds. The number of hydrogen-bond acceptors (Lipinski definition) is 3. The normalized spacial score (nSPS) is 12.4. The van der Waals surface area contributed by atoms with Crippen molar-refractivity contribution >= 4 is 17.6 Å². The van der Waals surface area contributed by atoms with Gasteiger partial charge in [-0.1, -0.05) is 75.6 Å². The first kappa shape index (κ1) is 24.7. The summed E-state index contributed by atoms with van der Waals surface area (Å²) < 4.78 is 5.27. The van der Waals surface area contributed by atoms with Crippen LogP contribution in [0.25, 0.3) is 0 Å². The van der Waals surface area contributed by atoms with Gasteiger partial charge in [0, 0.05) is 11.4 Å². The minimum atomic E-state index is -0.182. The largest absolute Gasteiger partial charge is 0.427 e. The number of ether oxygens (including phenoxy) is 1. The molecule has 0 bridgehead atoms. The van der Waals surface area contributed by atoms with E-state index in [1.54, 1.807) is 24.3 Å². The van der Waals surface area contributed by atoms with E-state index in [0.717, 1.165) is 51.4 Å². The van der Waals surface area contributed by atoms with Crippen LogP contribution in [-0.2, 0) is 4.79 Å². The summed E-state index contributed by atoms with van der Waals surface area (Å²) in [6, 6.07) is 6.85. The Morgan fingerprint density at radius 1 is 1.00 bits per heavy atom. The van der Waals surface area contributed by atoms with Gasteiger partial charge in [0.15, 0.2) is 0 Å². The lowest BCUT2D eigenvalue weighted by molar-refractivity contribution is -0.134. The van der Waals surface area contributed by atoms with Crippen LogP contribution in [0.1, 0.15) is 90.4 Å². The van der Waals surface area contributed by atoms with Crippen LogP contribution >= 0.6 is 11.6 Å². The molecule has 158 valence electrons. The SMILES string of the molecule is CCCCCC[C@@H](O)C/C=C\CCCCCCCC(=O)Oc1ccc(Cl)cc1. The number of aliphatic hydroxyl groups excluding tert-OH is 1. The monoisotopic (exact) mass is 408 g/mol. The highest BCUT2D eigenvalue weighted by molar-refractivity contribution is 6.30. The maximum atomic E-state index is 11.8. The lowest BCUT2D eigenvalue weighted by atomic mass is 10.1. The molecule has 0 aliphatic heterocycles. The number of carbonyl (C=O) groups excluding carboxylic acids is 1. The van der Waals surface area contributed by atoms with Gasteiger partial charge in [0.25, 0.3) is 0 Å². The molecule has 0 saturated heterocycles. The summed E-state index contributed by atoms with van der Waals surface area (Å²) in [5.41, 5.74) is 0. The van der Waals surface area contributed by atoms with E-state index < -0.39 is 0 Å². The Kier molecular flexibility index (Phi) is 14.7. The topological polar surface area (TPSA) is 46.5 Å². The minimum absolute atomic E-state index is 0.180. The molecule has 28 heavy (non-hydrogen) atoms. The third kappa shape index (κ3) is 13.8. The Hall–Kier alpha value is -1.32. The molecular formula is C24H37ClO3. The summed E-state index contributed by atoms with van der Waals surface area (Å²) in [5, 5.41) is 10.5. The molecule has 1 atom stereocenters. The third-order valence-electron chi connectivity index (χ3n) is 4.76. The van der Waals surface area contributed by atoms with Gasteiger partial charge in [0.2, 0.25) is 0 Å². The van der Waals surface area contributed by atoms with E-state index in [2.05, 4.69) is 19.1 Å². The average Bonchev–Trinajstić information content (AvgIpc) is 2.68. The summed E-state index contributed by atoms with van der Waals surface area (Å²) in [6.45, 7) is 2.20. The van der Waals surface area contributed by atoms with Crippen molar-refractivity contribution < 1.29 is 14.6 Å². The van der Waals surface area contributed by atoms with Crippen molar-refractivity contribution in [2.45, 2.75) is 96.5 Å². The first-order valence-corrected chi connectivity index (χ1v) is 11.3. The first-order chi connectivity index (χ1) is 13.6. The highest BCUT2D eigenvalue weighted by Gasteiger charge is 2.04. The minimum Gasteiger partial charge on any atom is -0.427 e. The van der Waals surface area contributed by atoms with Crippen LogP contribution in [0.5, 0.6) is 5.75 Å². The highest BCUT2D eigenvalue weighted by atomic mass is 35.5. The Labute approximate surface area is 176 Å². The number of esters is 1. The summed E-state index contributed by atoms with van der Waals surface area (Å²) >= 11 is 5.81. The molecule has 0 spiro atoms. The molecule has 0 aliphatic carbocycles. The molecule has 0 fully saturated rings. The van der Waals surface area contributed by atoms with Crippen LogP contribution in [0.3, 0.4) is 0 Å². The smallest absolute Gasteiger partial charge is 0.311 e. The summed E-state index contributed by atoms with van der Waals surface area (Å²) in [5.74, 6) is 0.366. The van der Waals surface area contributed by atoms with E-state index in [1.165, 1.54) is 25.7 Å². The van der Waals surface area contributed by atoms with Crippen molar-refractivity contribution in [3.05, 3.63) is 41.4 Å². The molecule has 0 aliphatic rings. The fourth-order valence-electron chi connectivity index (χ4n) is 3.04. The van der Waals surface area contributed by atoms with Crippen molar-refractivity contribution in [2.75, 3.05) is 0 Å². The van der Waals surface area contributed by atoms with E-state index in [1.807, 2.05) is 0 Å². The molecule has 1 aromatic carbocycles. The molecule has 1 rings (SSSR count). The number of aliphatic hydroxyl groups is 1. The molecule has 0 radical (unpaired) electrons. The molecule has 4 heteroatoms. The predicted molar refractivity (Wildman–Crippen MR) is 118 cm³/mol. The zero-order valence-electron chi connectivity index (χ0n) is 17.4. The number of hydrogen-bond donors (Lipinski definition) is 1. The van der Waals surface area contributed by atoms with E-state index in [9.17, 15) is 9.90 Å². The van der Waals surface area contributed by atoms with Crippen LogP contribution < -0.4 is 4.74 Å². The molecule has 1 N–H and O–H groups in total. The summed E-state index contributed by atoms with van der Waals surface area (Å²) in [7, 11) is 0. The second-order valence-electron chi connectivity index (χ2n) is 7.44. The summed E-state index contributed by atoms with van der Waals surface area (Å²) in [4.78, 5) is 11.8. The first-order valence-electron chi connectivity index (χ1n) is 10.9. The van der Waals surface area contributed by atoms with Crippen molar-refractivity contribution in [1.82, 2.24) is 0 Å². The van der Waals surface area contributed by atoms with Gasteiger partial charge in [-0.05, 0) is 56.4 Å². The average molecular weight is 409 g/mol. The number of allylic oxidation sites excluding steroid dienone is 1. The molecule has 3 nitrogen and oxygen atoms in total. The fraction of sp³-hybridized carbons (Fsp3) is 0.625. The van der Waals surface area contributed by atoms with Gasteiger partial charge in [0.1, 0.15) is 5.75 Å². The number of benzene rings is 1. The Morgan fingerprint density at radius 2 is 1.68 bits per heavy atom. The number of rotatable bonds is 16. The van der Waals surface area contributed by atoms with Crippen LogP contribution in [-0.4, -0.2) is 17.2 Å². The maximum Gasteiger partial charge on any atom is 0.311 e. The van der Waals surface area contributed by atoms with Crippen LogP contribution in [0.4, 0.5) is 0 Å². The van der Waals surface area contributed by atoms with Crippen molar-refractivity contribution in [2.24, 2.45) is 0 Å². The van der Waals surface area contributed by atoms with Gasteiger partial charge >= 0.3 is 5.97 Å². The summed E-state index contributed by atoms with van der Waals surface area (Å²) in [6.07, 6.45) is 17.6. The zero-order valence-corrected chi connectivity index (χ0v) is 18.1. The highest BCUT2D eigenvalue weighted by Crippen LogP contribution is 2.17. The van der Waals surface area contributed by atoms with Crippen molar-refractivity contribution in [3.63, 3.8) is 0 Å². The molecule has 0 aromatic heterocycles. The third-order valence-corrected chi connectivity index (χ3v) is 5.01. The Bertz CT molecular complexity index is 539. The van der Waals surface area contributed by atoms with Gasteiger partial charge < -0.3 is 9.84 Å². The number of unbranched alkanes of at least 4 members (excludes halogenated alkanes) is 8. The van der Waals surface area contributed by atoms with E-state index in [4.69, 9.17) is 16.3 Å². The van der Waals surface area contributed by atoms with Crippen LogP contribution in [0.2, 0.25) is 5.02 Å². The quantitative estimate of drug-likeness (QED) is 0.135. The second-order valence-corrected chi connectivity index (χ2v) is 7.88. The van der Waals surface area contributed by atoms with Gasteiger partial charge in [-0.15, -0.1) is 0 Å². The fourth-order valence-corrected chi connectivity index (χ4v) is 3.17. The van der Waals surface area contributed by atoms with Crippen LogP contribution in [0, 0.1) is 0 Å². The standard InChI is InChI=1S/C24H37ClO3/c1-2-3-4-11-14-22(26)15-12-9-7-5-6-8-10-13-16-24(27)28-23-19-17-21(25)18-20-23/h9,12,17-20,22,26H,2-8,10-11,13-16H2,1H3/b12-9-/t22-/m1/s1. The van der Waals surface area contributed by atoms with Gasteiger partial charge in [0.05, 0.1) is 6.10 Å². The number of carbonyl (C=O) groups is 1. The van der Waals surface area contributed by atoms with Gasteiger partial charge in [-0.25, -0.2) is 0 Å². The lowest BCUT2D eigenvalue weighted by Crippen LogP contribution is -2.07. The molecule has 0 heterocycles. The second kappa shape index (κ2) is 16.6. The zero-order chi connectivity index (χ0) is 20.5. The lowest BCUT2D eigenvalue weighted by Gasteiger charge is -2.07. The maximum absolute atomic E-state index is 11.8. The Morgan fingerprint density at radius 3 is 2.43 bits per heavy atom. The van der Waals surface area contributed by atoms with Crippen molar-refractivity contribution in [1.29, 1.82) is 0 Å². The van der Waals surface area contributed by atoms with Gasteiger partial charge in [-0.3, -0.25) is 4.79 Å². The van der Waals surface area contributed by atoms with Crippen molar-refractivity contribution in [3.8, 4) is 5.75 Å². The molecular weight excluding hydrogens is 372 g/mol. The number of halogens is 1.